The average Bonchev–Trinajstić information content (AvgIpc) is 3.55. The molecule has 2 heterocycles. The molecule has 1 atom stereocenters. The number of fused-ring (bicyclic) bond motifs is 1. The number of nitrogens with one attached hydrogen (secondary N) is 2. The summed E-state index contributed by atoms with van der Waals surface area (Å²) in [5.41, 5.74) is 1.40. The highest BCUT2D eigenvalue weighted by Crippen LogP contribution is 2.37. The summed E-state index contributed by atoms with van der Waals surface area (Å²) in [6.45, 7) is 0.675. The van der Waals surface area contributed by atoms with Gasteiger partial charge >= 0.3 is 0 Å². The number of H-pyrrole nitrogens is 1. The Bertz CT molecular complexity index is 1340. The predicted molar refractivity (Wildman–Crippen MR) is 131 cm³/mol. The van der Waals surface area contributed by atoms with Crippen molar-refractivity contribution in [3.63, 3.8) is 0 Å². The van der Waals surface area contributed by atoms with Gasteiger partial charge in [0.25, 0.3) is 11.3 Å². The molecule has 1 aliphatic carbocycles. The van der Waals surface area contributed by atoms with Gasteiger partial charge in [-0.2, -0.15) is 9.50 Å². The van der Waals surface area contributed by atoms with Crippen molar-refractivity contribution in [1.29, 1.82) is 0 Å². The maximum atomic E-state index is 12.6. The van der Waals surface area contributed by atoms with E-state index in [2.05, 4.69) is 20.4 Å². The molecule has 2 aromatic carbocycles. The van der Waals surface area contributed by atoms with Gasteiger partial charge in [-0.15, -0.1) is 0 Å². The lowest BCUT2D eigenvalue weighted by Crippen LogP contribution is -2.37. The van der Waals surface area contributed by atoms with Crippen molar-refractivity contribution in [3.8, 4) is 17.1 Å². The van der Waals surface area contributed by atoms with E-state index in [-0.39, 0.29) is 30.0 Å². The predicted octanol–water partition coefficient (Wildman–Crippen LogP) is 2.80. The Labute approximate surface area is 202 Å². The Hall–Kier alpha value is -3.53. The highest BCUT2D eigenvalue weighted by molar-refractivity contribution is 5.56. The van der Waals surface area contributed by atoms with Crippen LogP contribution in [0.1, 0.15) is 43.2 Å². The molecule has 9 heteroatoms. The second kappa shape index (κ2) is 9.99. The van der Waals surface area contributed by atoms with Crippen molar-refractivity contribution in [2.75, 3.05) is 13.2 Å². The molecule has 0 bridgehead atoms. The molecule has 0 saturated heterocycles. The largest absolute Gasteiger partial charge is 0.487 e. The molecule has 1 saturated carbocycles. The van der Waals surface area contributed by atoms with Gasteiger partial charge in [0.15, 0.2) is 5.82 Å². The zero-order valence-electron chi connectivity index (χ0n) is 19.4. The molecule has 4 N–H and O–H groups in total. The van der Waals surface area contributed by atoms with E-state index in [9.17, 15) is 15.0 Å². The maximum Gasteiger partial charge on any atom is 0.274 e. The number of ether oxygens (including phenoxy) is 1. The molecule has 0 spiro atoms. The second-order valence-electron chi connectivity index (χ2n) is 9.13. The summed E-state index contributed by atoms with van der Waals surface area (Å²) in [5, 5.41) is 26.8. The quantitative estimate of drug-likeness (QED) is 0.274. The summed E-state index contributed by atoms with van der Waals surface area (Å²) < 4.78 is 7.26. The molecule has 0 aliphatic heterocycles. The number of para-hydroxylation sites is 1. The zero-order chi connectivity index (χ0) is 24.3. The van der Waals surface area contributed by atoms with Crippen molar-refractivity contribution in [1.82, 2.24) is 24.9 Å². The maximum absolute atomic E-state index is 12.6. The van der Waals surface area contributed by atoms with Crippen LogP contribution in [-0.2, 0) is 6.61 Å². The van der Waals surface area contributed by atoms with E-state index in [0.717, 1.165) is 31.2 Å². The van der Waals surface area contributed by atoms with Crippen LogP contribution in [0.3, 0.4) is 0 Å². The molecule has 1 aliphatic rings. The smallest absolute Gasteiger partial charge is 0.274 e. The number of aromatic nitrogens is 4. The third kappa shape index (κ3) is 4.97. The van der Waals surface area contributed by atoms with Gasteiger partial charge in [-0.1, -0.05) is 61.4 Å². The fourth-order valence-corrected chi connectivity index (χ4v) is 4.65. The van der Waals surface area contributed by atoms with E-state index < -0.39 is 6.23 Å². The monoisotopic (exact) mass is 475 g/mol. The SMILES string of the molecule is O=c1cc(COc2ccccc2C(O)NCC2(CO)CCCC2)nc2nc(-c3ccccc3)[nH]n12. The third-order valence-electron chi connectivity index (χ3n) is 6.69. The van der Waals surface area contributed by atoms with Gasteiger partial charge in [0.1, 0.15) is 18.6 Å². The van der Waals surface area contributed by atoms with Crippen LogP contribution in [0.25, 0.3) is 17.2 Å². The van der Waals surface area contributed by atoms with E-state index in [0.29, 0.717) is 29.4 Å². The van der Waals surface area contributed by atoms with Crippen LogP contribution >= 0.6 is 0 Å². The van der Waals surface area contributed by atoms with Crippen molar-refractivity contribution in [2.45, 2.75) is 38.5 Å². The second-order valence-corrected chi connectivity index (χ2v) is 9.13. The van der Waals surface area contributed by atoms with Gasteiger partial charge in [-0.05, 0) is 18.9 Å². The lowest BCUT2D eigenvalue weighted by atomic mass is 9.87. The highest BCUT2D eigenvalue weighted by Gasteiger charge is 2.33. The number of nitrogens with zero attached hydrogens (tertiary/aromatic N) is 3. The van der Waals surface area contributed by atoms with Crippen molar-refractivity contribution in [2.24, 2.45) is 5.41 Å². The fourth-order valence-electron chi connectivity index (χ4n) is 4.65. The molecule has 5 rings (SSSR count). The van der Waals surface area contributed by atoms with E-state index in [1.54, 1.807) is 12.1 Å². The van der Waals surface area contributed by atoms with Gasteiger partial charge in [0, 0.05) is 35.8 Å². The first-order valence-corrected chi connectivity index (χ1v) is 11.9. The Morgan fingerprint density at radius 3 is 2.60 bits per heavy atom. The molecule has 0 amide bonds. The van der Waals surface area contributed by atoms with Crippen LogP contribution in [-0.4, -0.2) is 42.9 Å². The van der Waals surface area contributed by atoms with Crippen LogP contribution < -0.4 is 15.6 Å². The molecule has 4 aromatic rings. The van der Waals surface area contributed by atoms with Crippen LogP contribution in [0, 0.1) is 5.41 Å². The van der Waals surface area contributed by atoms with Crippen molar-refractivity contribution in [3.05, 3.63) is 82.3 Å². The number of aliphatic hydroxyl groups excluding tert-OH is 2. The normalized spacial score (nSPS) is 15.9. The standard InChI is InChI=1S/C26H29N5O4/c32-17-26(12-6-7-13-26)16-27-24(34)20-10-4-5-11-21(20)35-15-19-14-22(33)31-25(28-19)29-23(30-31)18-8-2-1-3-9-18/h1-5,8-11,14,24,27,32,34H,6-7,12-13,15-17H2,(H,28,29,30). The minimum atomic E-state index is -0.948. The highest BCUT2D eigenvalue weighted by atomic mass is 16.5. The molecule has 1 unspecified atom stereocenters. The van der Waals surface area contributed by atoms with E-state index in [4.69, 9.17) is 4.74 Å². The Balaban J connectivity index is 1.31. The van der Waals surface area contributed by atoms with Crippen LogP contribution in [0.4, 0.5) is 0 Å². The number of aromatic amines is 1. The van der Waals surface area contributed by atoms with Gasteiger partial charge < -0.3 is 14.9 Å². The van der Waals surface area contributed by atoms with Crippen molar-refractivity contribution < 1.29 is 14.9 Å². The molecule has 182 valence electrons. The van der Waals surface area contributed by atoms with Gasteiger partial charge in [-0.3, -0.25) is 15.2 Å². The summed E-state index contributed by atoms with van der Waals surface area (Å²) in [4.78, 5) is 21.5. The zero-order valence-corrected chi connectivity index (χ0v) is 19.4. The van der Waals surface area contributed by atoms with Gasteiger partial charge in [0.05, 0.1) is 5.69 Å². The molecule has 0 radical (unpaired) electrons. The molecular weight excluding hydrogens is 446 g/mol. The Morgan fingerprint density at radius 1 is 1.09 bits per heavy atom. The first-order chi connectivity index (χ1) is 17.1. The molecule has 35 heavy (non-hydrogen) atoms. The number of hydrogen-bond acceptors (Lipinski definition) is 7. The van der Waals surface area contributed by atoms with Crippen molar-refractivity contribution >= 4 is 5.78 Å². The van der Waals surface area contributed by atoms with Gasteiger partial charge in [0.2, 0.25) is 0 Å². The fraction of sp³-hybridized carbons (Fsp3) is 0.346. The minimum absolute atomic E-state index is 0.0452. The Kier molecular flexibility index (Phi) is 6.63. The number of aliphatic hydroxyl groups is 2. The third-order valence-corrected chi connectivity index (χ3v) is 6.69. The lowest BCUT2D eigenvalue weighted by Gasteiger charge is -2.28. The molecule has 9 nitrogen and oxygen atoms in total. The van der Waals surface area contributed by atoms with E-state index in [1.165, 1.54) is 10.6 Å². The minimum Gasteiger partial charge on any atom is -0.487 e. The van der Waals surface area contributed by atoms with Crippen LogP contribution in [0.5, 0.6) is 5.75 Å². The summed E-state index contributed by atoms with van der Waals surface area (Å²) in [5.74, 6) is 1.30. The number of rotatable bonds is 9. The molecular formula is C26H29N5O4. The van der Waals surface area contributed by atoms with Gasteiger partial charge in [-0.25, -0.2) is 4.98 Å². The topological polar surface area (TPSA) is 125 Å². The molecule has 2 aromatic heterocycles. The van der Waals surface area contributed by atoms with E-state index >= 15 is 0 Å². The Morgan fingerprint density at radius 2 is 1.83 bits per heavy atom. The van der Waals surface area contributed by atoms with E-state index in [1.807, 2.05) is 42.5 Å². The van der Waals surface area contributed by atoms with Crippen LogP contribution in [0.15, 0.2) is 65.5 Å². The van der Waals surface area contributed by atoms with Crippen LogP contribution in [0.2, 0.25) is 0 Å². The first kappa shape index (κ1) is 23.2. The summed E-state index contributed by atoms with van der Waals surface area (Å²) in [6, 6.07) is 18.1. The molecule has 1 fully saturated rings. The summed E-state index contributed by atoms with van der Waals surface area (Å²) in [6.07, 6.45) is 3.14. The lowest BCUT2D eigenvalue weighted by molar-refractivity contribution is 0.0806. The number of hydrogen-bond donors (Lipinski definition) is 4. The average molecular weight is 476 g/mol. The first-order valence-electron chi connectivity index (χ1n) is 11.9. The number of benzene rings is 2. The summed E-state index contributed by atoms with van der Waals surface area (Å²) >= 11 is 0. The summed E-state index contributed by atoms with van der Waals surface area (Å²) in [7, 11) is 0.